The van der Waals surface area contributed by atoms with Crippen LogP contribution >= 0.6 is 0 Å². The van der Waals surface area contributed by atoms with Gasteiger partial charge in [-0.1, -0.05) is 42.5 Å². The van der Waals surface area contributed by atoms with Gasteiger partial charge < -0.3 is 9.72 Å². The van der Waals surface area contributed by atoms with Crippen molar-refractivity contribution >= 4 is 20.9 Å². The van der Waals surface area contributed by atoms with Gasteiger partial charge >= 0.3 is 6.18 Å². The second-order valence-electron chi connectivity index (χ2n) is 8.14. The van der Waals surface area contributed by atoms with Gasteiger partial charge in [0.15, 0.2) is 0 Å². The van der Waals surface area contributed by atoms with Crippen LogP contribution in [0.25, 0.3) is 10.9 Å². The van der Waals surface area contributed by atoms with Crippen molar-refractivity contribution in [3.8, 4) is 5.75 Å². The fourth-order valence-corrected chi connectivity index (χ4v) is 5.54. The molecule has 1 aromatic heterocycles. The number of sulfonamides is 1. The smallest absolute Gasteiger partial charge is 0.417 e. The van der Waals surface area contributed by atoms with Gasteiger partial charge in [-0.05, 0) is 47.7 Å². The lowest BCUT2D eigenvalue weighted by Crippen LogP contribution is -2.35. The third kappa shape index (κ3) is 5.44. The van der Waals surface area contributed by atoms with Gasteiger partial charge in [0.25, 0.3) is 5.56 Å². The van der Waals surface area contributed by atoms with E-state index < -0.39 is 38.8 Å². The minimum Gasteiger partial charge on any atom is -0.497 e. The molecule has 0 aliphatic heterocycles. The Balaban J connectivity index is 1.77. The number of fused-ring (bicyclic) bond motifs is 1. The van der Waals surface area contributed by atoms with Crippen molar-refractivity contribution in [2.45, 2.75) is 24.0 Å². The van der Waals surface area contributed by atoms with Gasteiger partial charge in [0.1, 0.15) is 5.75 Å². The number of aromatic amines is 1. The quantitative estimate of drug-likeness (QED) is 0.358. The predicted molar refractivity (Wildman–Crippen MR) is 130 cm³/mol. The Morgan fingerprint density at radius 2 is 1.64 bits per heavy atom. The summed E-state index contributed by atoms with van der Waals surface area (Å²) in [6, 6.07) is 19.6. The highest BCUT2D eigenvalue weighted by Crippen LogP contribution is 2.35. The lowest BCUT2D eigenvalue weighted by molar-refractivity contribution is -0.139. The van der Waals surface area contributed by atoms with E-state index in [0.717, 1.165) is 28.1 Å². The summed E-state index contributed by atoms with van der Waals surface area (Å²) in [5.41, 5.74) is -0.395. The Morgan fingerprint density at radius 3 is 2.33 bits per heavy atom. The van der Waals surface area contributed by atoms with E-state index in [2.05, 4.69) is 4.98 Å². The van der Waals surface area contributed by atoms with Crippen LogP contribution < -0.4 is 10.3 Å². The summed E-state index contributed by atoms with van der Waals surface area (Å²) in [6.07, 6.45) is -4.62. The fourth-order valence-electron chi connectivity index (χ4n) is 3.91. The van der Waals surface area contributed by atoms with Crippen molar-refractivity contribution in [3.05, 3.63) is 106 Å². The lowest BCUT2D eigenvalue weighted by Gasteiger charge is -2.24. The summed E-state index contributed by atoms with van der Waals surface area (Å²) in [5, 5.41) is 0.626. The Morgan fingerprint density at radius 1 is 0.944 bits per heavy atom. The molecule has 1 N–H and O–H groups in total. The van der Waals surface area contributed by atoms with Crippen molar-refractivity contribution in [2.24, 2.45) is 0 Å². The van der Waals surface area contributed by atoms with Crippen molar-refractivity contribution in [1.29, 1.82) is 0 Å². The third-order valence-electron chi connectivity index (χ3n) is 5.78. The number of hydrogen-bond donors (Lipinski definition) is 1. The molecule has 10 heteroatoms. The van der Waals surface area contributed by atoms with Crippen LogP contribution in [-0.2, 0) is 29.2 Å². The maximum Gasteiger partial charge on any atom is 0.417 e. The molecule has 0 aliphatic rings. The second kappa shape index (κ2) is 10.2. The number of nitrogens with zero attached hydrogens (tertiary/aromatic N) is 1. The number of halogens is 3. The van der Waals surface area contributed by atoms with Crippen LogP contribution in [-0.4, -0.2) is 31.4 Å². The van der Waals surface area contributed by atoms with E-state index in [-0.39, 0.29) is 18.5 Å². The molecular weight excluding hydrogens is 493 g/mol. The van der Waals surface area contributed by atoms with Gasteiger partial charge in [-0.25, -0.2) is 8.42 Å². The van der Waals surface area contributed by atoms with Crippen LogP contribution in [0.3, 0.4) is 0 Å². The summed E-state index contributed by atoms with van der Waals surface area (Å²) >= 11 is 0. The van der Waals surface area contributed by atoms with Gasteiger partial charge in [-0.15, -0.1) is 0 Å². The summed E-state index contributed by atoms with van der Waals surface area (Å²) in [5.74, 6) is 0.529. The first-order valence-electron chi connectivity index (χ1n) is 11.0. The molecule has 6 nitrogen and oxygen atoms in total. The highest BCUT2D eigenvalue weighted by Gasteiger charge is 2.39. The Bertz CT molecular complexity index is 1530. The Labute approximate surface area is 206 Å². The standard InChI is InChI=1S/C26H23F3N2O4S/c1-35-21-12-11-19-15-20(25(32)30-23(19)16-21)17-31(14-13-18-7-3-2-4-8-18)36(33,34)24-10-6-5-9-22(24)26(27,28)29/h2-12,15-16H,13-14,17H2,1H3,(H,30,32). The first-order valence-corrected chi connectivity index (χ1v) is 12.4. The molecule has 0 radical (unpaired) electrons. The van der Waals surface area contributed by atoms with Gasteiger partial charge in [-0.2, -0.15) is 17.5 Å². The van der Waals surface area contributed by atoms with Crippen molar-refractivity contribution in [3.63, 3.8) is 0 Å². The largest absolute Gasteiger partial charge is 0.497 e. The highest BCUT2D eigenvalue weighted by molar-refractivity contribution is 7.89. The Hall–Kier alpha value is -3.63. The van der Waals surface area contributed by atoms with E-state index in [1.165, 1.54) is 19.2 Å². The van der Waals surface area contributed by atoms with E-state index in [0.29, 0.717) is 16.7 Å². The lowest BCUT2D eigenvalue weighted by atomic mass is 10.1. The van der Waals surface area contributed by atoms with Crippen LogP contribution in [0.5, 0.6) is 5.75 Å². The van der Waals surface area contributed by atoms with Crippen LogP contribution in [0.15, 0.2) is 88.6 Å². The van der Waals surface area contributed by atoms with E-state index in [1.54, 1.807) is 48.5 Å². The molecule has 0 atom stereocenters. The molecule has 4 aromatic rings. The van der Waals surface area contributed by atoms with Crippen LogP contribution in [0, 0.1) is 0 Å². The summed E-state index contributed by atoms with van der Waals surface area (Å²) in [4.78, 5) is 14.7. The molecule has 4 rings (SSSR count). The van der Waals surface area contributed by atoms with Crippen molar-refractivity contribution in [2.75, 3.05) is 13.7 Å². The summed E-state index contributed by atoms with van der Waals surface area (Å²) in [6.45, 7) is -0.530. The first kappa shape index (κ1) is 25.5. The molecule has 0 saturated carbocycles. The number of hydrogen-bond acceptors (Lipinski definition) is 4. The normalized spacial score (nSPS) is 12.2. The molecule has 36 heavy (non-hydrogen) atoms. The second-order valence-corrected chi connectivity index (χ2v) is 10.1. The molecule has 0 saturated heterocycles. The molecule has 0 fully saturated rings. The van der Waals surface area contributed by atoms with Gasteiger partial charge in [-0.3, -0.25) is 4.79 Å². The van der Waals surface area contributed by atoms with E-state index in [9.17, 15) is 26.4 Å². The SMILES string of the molecule is COc1ccc2cc(CN(CCc3ccccc3)S(=O)(=O)c3ccccc3C(F)(F)F)c(=O)[nH]c2c1. The molecule has 0 amide bonds. The molecule has 0 unspecified atom stereocenters. The number of benzene rings is 3. The molecule has 3 aromatic carbocycles. The molecule has 0 spiro atoms. The number of aromatic nitrogens is 1. The zero-order chi connectivity index (χ0) is 25.9. The average molecular weight is 517 g/mol. The maximum atomic E-state index is 13.7. The van der Waals surface area contributed by atoms with Gasteiger partial charge in [0, 0.05) is 24.7 Å². The van der Waals surface area contributed by atoms with E-state index >= 15 is 0 Å². The van der Waals surface area contributed by atoms with Gasteiger partial charge in [0.05, 0.1) is 23.1 Å². The number of alkyl halides is 3. The number of ether oxygens (including phenoxy) is 1. The number of rotatable bonds is 8. The number of nitrogens with one attached hydrogen (secondary N) is 1. The minimum absolute atomic E-state index is 0.105. The number of methoxy groups -OCH3 is 1. The van der Waals surface area contributed by atoms with Gasteiger partial charge in [0.2, 0.25) is 10.0 Å². The first-order chi connectivity index (χ1) is 17.1. The van der Waals surface area contributed by atoms with Crippen LogP contribution in [0.1, 0.15) is 16.7 Å². The van der Waals surface area contributed by atoms with Crippen LogP contribution in [0.4, 0.5) is 13.2 Å². The minimum atomic E-state index is -4.87. The van der Waals surface area contributed by atoms with E-state index in [1.807, 2.05) is 0 Å². The monoisotopic (exact) mass is 516 g/mol. The molecule has 0 bridgehead atoms. The topological polar surface area (TPSA) is 79.5 Å². The van der Waals surface area contributed by atoms with Crippen molar-refractivity contribution < 1.29 is 26.3 Å². The number of pyridine rings is 1. The Kier molecular flexibility index (Phi) is 7.18. The molecular formula is C26H23F3N2O4S. The summed E-state index contributed by atoms with van der Waals surface area (Å²) in [7, 11) is -3.14. The average Bonchev–Trinajstić information content (AvgIpc) is 2.86. The van der Waals surface area contributed by atoms with Crippen molar-refractivity contribution in [1.82, 2.24) is 9.29 Å². The zero-order valence-corrected chi connectivity index (χ0v) is 20.1. The fraction of sp³-hybridized carbons (Fsp3) is 0.192. The third-order valence-corrected chi connectivity index (χ3v) is 7.68. The zero-order valence-electron chi connectivity index (χ0n) is 19.2. The maximum absolute atomic E-state index is 13.7. The molecule has 0 aliphatic carbocycles. The van der Waals surface area contributed by atoms with E-state index in [4.69, 9.17) is 4.74 Å². The summed E-state index contributed by atoms with van der Waals surface area (Å²) < 4.78 is 74.3. The molecule has 188 valence electrons. The highest BCUT2D eigenvalue weighted by atomic mass is 32.2. The number of H-pyrrole nitrogens is 1. The predicted octanol–water partition coefficient (Wildman–Crippen LogP) is 4.99. The molecule has 1 heterocycles. The van der Waals surface area contributed by atoms with Crippen LogP contribution in [0.2, 0.25) is 0 Å².